The molecule has 0 amide bonds. The number of rotatable bonds is 11. The Bertz CT molecular complexity index is 652. The summed E-state index contributed by atoms with van der Waals surface area (Å²) in [5.74, 6) is 0. The first kappa shape index (κ1) is 22.9. The molecule has 3 heteroatoms. The quantitative estimate of drug-likeness (QED) is 0.329. The van der Waals surface area contributed by atoms with Crippen molar-refractivity contribution in [3.63, 3.8) is 0 Å². The summed E-state index contributed by atoms with van der Waals surface area (Å²) in [6.45, 7) is 13.2. The Hall–Kier alpha value is -0.409. The molecule has 0 N–H and O–H groups in total. The molecule has 2 rings (SSSR count). The van der Waals surface area contributed by atoms with Crippen molar-refractivity contribution in [3.8, 4) is 0 Å². The standard InChI is InChI=1S/C9H20N.C9H13.C6H7Si.Ti/c1-3-4-5-6-7-8-9-10-2;1-6-5-7(2)9(4)8(6)3;7-6-4-2-1-3-5-6;/h3-9H2,1-2H3;5H,1-4H3;1-5H,7H2;/q-1;;;+1. The van der Waals surface area contributed by atoms with Gasteiger partial charge < -0.3 is 0 Å². The SMILES string of the molecule is CCCCCCCC[N](C)[Ti]([SiH2]c1ccccc1)[C]1(C)C=C(C)C(C)=C1C. The van der Waals surface area contributed by atoms with Crippen molar-refractivity contribution in [1.29, 1.82) is 0 Å². The summed E-state index contributed by atoms with van der Waals surface area (Å²) in [4.78, 5) is 0. The van der Waals surface area contributed by atoms with Gasteiger partial charge in [0.15, 0.2) is 0 Å². The number of nitrogens with zero attached hydrogens (tertiary/aromatic N) is 1. The number of benzene rings is 1. The maximum atomic E-state index is 2.87. The Kier molecular flexibility index (Phi) is 9.28. The van der Waals surface area contributed by atoms with Crippen molar-refractivity contribution in [2.24, 2.45) is 0 Å². The summed E-state index contributed by atoms with van der Waals surface area (Å²) in [7, 11) is 2.21. The molecule has 149 valence electrons. The zero-order chi connectivity index (χ0) is 19.9. The van der Waals surface area contributed by atoms with Crippen molar-refractivity contribution < 1.29 is 17.4 Å². The van der Waals surface area contributed by atoms with Gasteiger partial charge in [0.05, 0.1) is 0 Å². The average Bonchev–Trinajstić information content (AvgIpc) is 2.86. The van der Waals surface area contributed by atoms with Gasteiger partial charge in [0, 0.05) is 0 Å². The van der Waals surface area contributed by atoms with Gasteiger partial charge in [-0.1, -0.05) is 0 Å². The summed E-state index contributed by atoms with van der Waals surface area (Å²) >= 11 is -1.43. The van der Waals surface area contributed by atoms with Crippen molar-refractivity contribution >= 4 is 12.6 Å². The van der Waals surface area contributed by atoms with Gasteiger partial charge in [-0.15, -0.1) is 0 Å². The molecule has 1 unspecified atom stereocenters. The van der Waals surface area contributed by atoms with Crippen LogP contribution in [0.2, 0.25) is 3.72 Å². The maximum absolute atomic E-state index is 2.87. The van der Waals surface area contributed by atoms with E-state index in [0.29, 0.717) is 3.72 Å². The third kappa shape index (κ3) is 6.03. The van der Waals surface area contributed by atoms with Crippen LogP contribution in [0.25, 0.3) is 0 Å². The van der Waals surface area contributed by atoms with Gasteiger partial charge in [0.25, 0.3) is 0 Å². The molecule has 1 atom stereocenters. The van der Waals surface area contributed by atoms with E-state index in [0.717, 1.165) is 0 Å². The Balaban J connectivity index is 2.11. The van der Waals surface area contributed by atoms with E-state index >= 15 is 0 Å². The topological polar surface area (TPSA) is 3.24 Å². The van der Waals surface area contributed by atoms with Crippen LogP contribution in [-0.4, -0.2) is 24.4 Å². The van der Waals surface area contributed by atoms with Gasteiger partial charge in [-0.3, -0.25) is 0 Å². The Morgan fingerprint density at radius 3 is 2.19 bits per heavy atom. The van der Waals surface area contributed by atoms with Crippen molar-refractivity contribution in [2.75, 3.05) is 13.6 Å². The van der Waals surface area contributed by atoms with Crippen LogP contribution in [0, 0.1) is 0 Å². The van der Waals surface area contributed by atoms with E-state index < -0.39 is 17.4 Å². The third-order valence-electron chi connectivity index (χ3n) is 6.56. The Labute approximate surface area is 176 Å². The molecule has 1 aromatic carbocycles. The fraction of sp³-hybridized carbons (Fsp3) is 0.583. The Morgan fingerprint density at radius 2 is 1.59 bits per heavy atom. The van der Waals surface area contributed by atoms with Crippen LogP contribution in [0.3, 0.4) is 0 Å². The number of unbranched alkanes of at least 4 members (excludes halogenated alkanes) is 5. The van der Waals surface area contributed by atoms with Crippen LogP contribution >= 0.6 is 0 Å². The monoisotopic (exact) mass is 418 g/mol. The number of hydrogen-bond donors (Lipinski definition) is 0. The van der Waals surface area contributed by atoms with Crippen LogP contribution < -0.4 is 5.19 Å². The summed E-state index contributed by atoms with van der Waals surface area (Å²) in [6, 6.07) is 11.4. The van der Waals surface area contributed by atoms with Crippen LogP contribution in [0.15, 0.2) is 53.1 Å². The van der Waals surface area contributed by atoms with E-state index in [1.165, 1.54) is 50.6 Å². The minimum absolute atomic E-state index is 0.242. The molecular formula is C24H40NSiTi. The molecule has 0 heterocycles. The molecule has 0 bridgehead atoms. The second-order valence-electron chi connectivity index (χ2n) is 8.58. The Morgan fingerprint density at radius 1 is 0.963 bits per heavy atom. The molecule has 1 nitrogen and oxygen atoms in total. The van der Waals surface area contributed by atoms with Crippen molar-refractivity contribution in [2.45, 2.75) is 76.9 Å². The molecule has 0 aliphatic heterocycles. The second-order valence-corrected chi connectivity index (χ2v) is 18.4. The van der Waals surface area contributed by atoms with Gasteiger partial charge in [0.2, 0.25) is 0 Å². The fourth-order valence-corrected chi connectivity index (χ4v) is 17.5. The molecule has 0 saturated heterocycles. The molecule has 0 saturated carbocycles. The van der Waals surface area contributed by atoms with E-state index in [2.05, 4.69) is 81.5 Å². The molecule has 1 aliphatic carbocycles. The number of allylic oxidation sites excluding steroid dienone is 4. The van der Waals surface area contributed by atoms with Crippen LogP contribution in [0.1, 0.15) is 73.1 Å². The van der Waals surface area contributed by atoms with Gasteiger partial charge >= 0.3 is 177 Å². The molecule has 0 radical (unpaired) electrons. The van der Waals surface area contributed by atoms with Crippen LogP contribution in [0.5, 0.6) is 0 Å². The molecule has 1 aliphatic rings. The molecule has 0 fully saturated rings. The molecule has 0 aromatic heterocycles. The first-order chi connectivity index (χ1) is 12.9. The molecule has 27 heavy (non-hydrogen) atoms. The molecule has 1 aromatic rings. The summed E-state index contributed by atoms with van der Waals surface area (Å²) < 4.78 is 3.22. The number of hydrogen-bond acceptors (Lipinski definition) is 1. The van der Waals surface area contributed by atoms with Crippen LogP contribution in [0.4, 0.5) is 0 Å². The molecular weight excluding hydrogens is 378 g/mol. The normalized spacial score (nSPS) is 20.2. The van der Waals surface area contributed by atoms with E-state index in [-0.39, 0.29) is 7.39 Å². The van der Waals surface area contributed by atoms with Crippen molar-refractivity contribution in [3.05, 3.63) is 53.1 Å². The first-order valence-electron chi connectivity index (χ1n) is 10.9. The average molecular weight is 419 g/mol. The van der Waals surface area contributed by atoms with E-state index in [1.807, 2.05) is 0 Å². The summed E-state index contributed by atoms with van der Waals surface area (Å²) in [5.41, 5.74) is 4.74. The minimum atomic E-state index is -1.43. The summed E-state index contributed by atoms with van der Waals surface area (Å²) in [5, 5.41) is 1.66. The predicted molar refractivity (Wildman–Crippen MR) is 121 cm³/mol. The first-order valence-corrected chi connectivity index (χ1v) is 17.1. The summed E-state index contributed by atoms with van der Waals surface area (Å²) in [6.07, 6.45) is 11.0. The van der Waals surface area contributed by atoms with E-state index in [9.17, 15) is 0 Å². The van der Waals surface area contributed by atoms with Gasteiger partial charge in [0.1, 0.15) is 0 Å². The zero-order valence-electron chi connectivity index (χ0n) is 18.6. The fourth-order valence-electron chi connectivity index (χ4n) is 4.40. The van der Waals surface area contributed by atoms with E-state index in [4.69, 9.17) is 0 Å². The predicted octanol–water partition coefficient (Wildman–Crippen LogP) is 5.70. The zero-order valence-corrected chi connectivity index (χ0v) is 21.5. The second kappa shape index (κ2) is 11.0. The van der Waals surface area contributed by atoms with Gasteiger partial charge in [-0.25, -0.2) is 0 Å². The van der Waals surface area contributed by atoms with E-state index in [1.54, 1.807) is 16.3 Å². The van der Waals surface area contributed by atoms with Crippen LogP contribution in [-0.2, 0) is 17.4 Å². The third-order valence-corrected chi connectivity index (χ3v) is 21.0. The van der Waals surface area contributed by atoms with Crippen molar-refractivity contribution in [1.82, 2.24) is 3.38 Å². The molecule has 0 spiro atoms. The van der Waals surface area contributed by atoms with Gasteiger partial charge in [-0.05, 0) is 0 Å². The van der Waals surface area contributed by atoms with Gasteiger partial charge in [-0.2, -0.15) is 0 Å².